The highest BCUT2D eigenvalue weighted by atomic mass is 32.2. The van der Waals surface area contributed by atoms with Crippen LogP contribution in [0.4, 0.5) is 4.79 Å². The summed E-state index contributed by atoms with van der Waals surface area (Å²) in [4.78, 5) is 21.5. The summed E-state index contributed by atoms with van der Waals surface area (Å²) in [6, 6.07) is 0.815. The van der Waals surface area contributed by atoms with Gasteiger partial charge >= 0.3 is 6.03 Å². The summed E-state index contributed by atoms with van der Waals surface area (Å²) in [6.45, 7) is 10.0. The zero-order valence-corrected chi connectivity index (χ0v) is 14.3. The Morgan fingerprint density at radius 2 is 1.75 bits per heavy atom. The minimum absolute atomic E-state index is 0.00491. The molecule has 0 aromatic carbocycles. The first kappa shape index (κ1) is 19.3. The summed E-state index contributed by atoms with van der Waals surface area (Å²) in [6.07, 6.45) is 2.95. The lowest BCUT2D eigenvalue weighted by molar-refractivity contribution is -0.122. The van der Waals surface area contributed by atoms with Gasteiger partial charge in [-0.3, -0.25) is 4.79 Å². The standard InChI is InChI=1S/C8H16O.C5H8N2OS.C2H6/c1-4-5-6-8(9)7(2)3;8-5-6-3-1-9-2-4(3)7-5;1-2/h7H,4-6H2,1-3H3;3-4H,1-2H2,(H2,6,7,8);1-2H3. The van der Waals surface area contributed by atoms with Crippen LogP contribution in [0.5, 0.6) is 0 Å². The Hall–Kier alpha value is -0.710. The summed E-state index contributed by atoms with van der Waals surface area (Å²) in [5.74, 6) is 2.78. The van der Waals surface area contributed by atoms with E-state index >= 15 is 0 Å². The van der Waals surface area contributed by atoms with Gasteiger partial charge in [-0.2, -0.15) is 11.8 Å². The molecule has 0 aliphatic carbocycles. The first-order valence-corrected chi connectivity index (χ1v) is 8.87. The van der Waals surface area contributed by atoms with Crippen LogP contribution < -0.4 is 10.6 Å². The molecule has 2 saturated heterocycles. The Morgan fingerprint density at radius 3 is 2.15 bits per heavy atom. The van der Waals surface area contributed by atoms with Gasteiger partial charge in [0.05, 0.1) is 12.1 Å². The van der Waals surface area contributed by atoms with Crippen molar-refractivity contribution in [3.8, 4) is 0 Å². The molecule has 0 aromatic heterocycles. The van der Waals surface area contributed by atoms with Gasteiger partial charge in [0.1, 0.15) is 5.78 Å². The number of hydrogen-bond donors (Lipinski definition) is 2. The van der Waals surface area contributed by atoms with Gasteiger partial charge in [-0.05, 0) is 6.42 Å². The van der Waals surface area contributed by atoms with Gasteiger partial charge in [0.15, 0.2) is 0 Å². The highest BCUT2D eigenvalue weighted by Crippen LogP contribution is 2.20. The number of nitrogens with one attached hydrogen (secondary N) is 2. The molecule has 2 heterocycles. The quantitative estimate of drug-likeness (QED) is 0.784. The van der Waals surface area contributed by atoms with Crippen molar-refractivity contribution < 1.29 is 9.59 Å². The number of Topliss-reactive ketones (excluding diaryl/α,β-unsaturated/α-hetero) is 1. The van der Waals surface area contributed by atoms with E-state index in [9.17, 15) is 9.59 Å². The van der Waals surface area contributed by atoms with Gasteiger partial charge in [0, 0.05) is 23.8 Å². The van der Waals surface area contributed by atoms with Crippen LogP contribution in [-0.4, -0.2) is 35.4 Å². The van der Waals surface area contributed by atoms with Gasteiger partial charge in [-0.15, -0.1) is 0 Å². The maximum Gasteiger partial charge on any atom is 0.315 e. The van der Waals surface area contributed by atoms with E-state index in [2.05, 4.69) is 17.6 Å². The number of urea groups is 1. The third-order valence-corrected chi connectivity index (χ3v) is 4.32. The molecule has 20 heavy (non-hydrogen) atoms. The highest BCUT2D eigenvalue weighted by molar-refractivity contribution is 7.99. The van der Waals surface area contributed by atoms with E-state index in [-0.39, 0.29) is 11.9 Å². The molecule has 2 N–H and O–H groups in total. The minimum atomic E-state index is 0.00491. The average molecular weight is 302 g/mol. The van der Waals surface area contributed by atoms with Crippen molar-refractivity contribution in [1.82, 2.24) is 10.6 Å². The Balaban J connectivity index is 0.000000321. The molecule has 0 aromatic rings. The molecule has 2 unspecified atom stereocenters. The van der Waals surface area contributed by atoms with E-state index in [1.54, 1.807) is 0 Å². The van der Waals surface area contributed by atoms with E-state index in [4.69, 9.17) is 0 Å². The number of hydrogen-bond acceptors (Lipinski definition) is 3. The second-order valence-corrected chi connectivity index (χ2v) is 6.17. The Labute approximate surface area is 127 Å². The van der Waals surface area contributed by atoms with Gasteiger partial charge in [-0.1, -0.05) is 41.0 Å². The van der Waals surface area contributed by atoms with Crippen LogP contribution in [0.25, 0.3) is 0 Å². The molecule has 5 heteroatoms. The Morgan fingerprint density at radius 1 is 1.25 bits per heavy atom. The molecule has 4 nitrogen and oxygen atoms in total. The van der Waals surface area contributed by atoms with Gasteiger partial charge in [-0.25, -0.2) is 4.79 Å². The molecule has 2 aliphatic rings. The summed E-state index contributed by atoms with van der Waals surface area (Å²) in [5, 5.41) is 5.69. The lowest BCUT2D eigenvalue weighted by atomic mass is 10.0. The molecule has 0 bridgehead atoms. The SMILES string of the molecule is CC.CCCCC(=O)C(C)C.O=C1NC2CSCC2N1. The average Bonchev–Trinajstić information content (AvgIpc) is 2.99. The number of fused-ring (bicyclic) bond motifs is 1. The van der Waals surface area contributed by atoms with Crippen LogP contribution >= 0.6 is 11.8 Å². The van der Waals surface area contributed by atoms with E-state index in [1.807, 2.05) is 39.5 Å². The predicted octanol–water partition coefficient (Wildman–Crippen LogP) is 3.21. The lowest BCUT2D eigenvalue weighted by Gasteiger charge is -2.02. The second kappa shape index (κ2) is 11.0. The largest absolute Gasteiger partial charge is 0.332 e. The van der Waals surface area contributed by atoms with E-state index in [0.717, 1.165) is 30.8 Å². The number of thioether (sulfide) groups is 1. The normalized spacial score (nSPS) is 22.8. The van der Waals surface area contributed by atoms with Gasteiger partial charge in [0.2, 0.25) is 0 Å². The second-order valence-electron chi connectivity index (χ2n) is 5.09. The number of amides is 2. The van der Waals surface area contributed by atoms with Crippen LogP contribution in [0.2, 0.25) is 0 Å². The molecule has 0 spiro atoms. The lowest BCUT2D eigenvalue weighted by Crippen LogP contribution is -2.31. The zero-order chi connectivity index (χ0) is 15.5. The number of ketones is 1. The molecule has 2 amide bonds. The van der Waals surface area contributed by atoms with Crippen molar-refractivity contribution in [1.29, 1.82) is 0 Å². The third-order valence-electron chi connectivity index (χ3n) is 3.13. The fraction of sp³-hybridized carbons (Fsp3) is 0.867. The summed E-state index contributed by atoms with van der Waals surface area (Å²) >= 11 is 1.89. The monoisotopic (exact) mass is 302 g/mol. The van der Waals surface area contributed by atoms with Crippen LogP contribution in [0.15, 0.2) is 0 Å². The van der Waals surface area contributed by atoms with Crippen LogP contribution in [0, 0.1) is 5.92 Å². The van der Waals surface area contributed by atoms with Gasteiger partial charge < -0.3 is 10.6 Å². The number of rotatable bonds is 4. The predicted molar refractivity (Wildman–Crippen MR) is 87.3 cm³/mol. The first-order valence-electron chi connectivity index (χ1n) is 7.72. The van der Waals surface area contributed by atoms with Crippen molar-refractivity contribution in [3.05, 3.63) is 0 Å². The fourth-order valence-electron chi connectivity index (χ4n) is 1.86. The van der Waals surface area contributed by atoms with Crippen molar-refractivity contribution in [2.24, 2.45) is 5.92 Å². The van der Waals surface area contributed by atoms with Gasteiger partial charge in [0.25, 0.3) is 0 Å². The number of carbonyl (C=O) groups is 2. The molecule has 118 valence electrons. The maximum absolute atomic E-state index is 10.9. The van der Waals surface area contributed by atoms with Crippen LogP contribution in [-0.2, 0) is 4.79 Å². The van der Waals surface area contributed by atoms with Crippen molar-refractivity contribution in [2.75, 3.05) is 11.5 Å². The summed E-state index contributed by atoms with van der Waals surface area (Å²) in [7, 11) is 0. The number of unbranched alkanes of at least 4 members (excludes halogenated alkanes) is 1. The van der Waals surface area contributed by atoms with Crippen LogP contribution in [0.1, 0.15) is 53.9 Å². The topological polar surface area (TPSA) is 58.2 Å². The van der Waals surface area contributed by atoms with Crippen LogP contribution in [0.3, 0.4) is 0 Å². The molecule has 2 rings (SSSR count). The smallest absolute Gasteiger partial charge is 0.315 e. The van der Waals surface area contributed by atoms with Crippen molar-refractivity contribution in [3.63, 3.8) is 0 Å². The van der Waals surface area contributed by atoms with E-state index in [0.29, 0.717) is 17.9 Å². The minimum Gasteiger partial charge on any atom is -0.332 e. The number of carbonyl (C=O) groups excluding carboxylic acids is 2. The Bertz CT molecular complexity index is 282. The molecule has 0 radical (unpaired) electrons. The van der Waals surface area contributed by atoms with E-state index < -0.39 is 0 Å². The molecular weight excluding hydrogens is 272 g/mol. The highest BCUT2D eigenvalue weighted by Gasteiger charge is 2.35. The molecule has 0 saturated carbocycles. The van der Waals surface area contributed by atoms with E-state index in [1.165, 1.54) is 0 Å². The summed E-state index contributed by atoms with van der Waals surface area (Å²) in [5.41, 5.74) is 0. The summed E-state index contributed by atoms with van der Waals surface area (Å²) < 4.78 is 0. The fourth-order valence-corrected chi connectivity index (χ4v) is 3.13. The molecule has 2 fully saturated rings. The first-order chi connectivity index (χ1) is 9.54. The van der Waals surface area contributed by atoms with Crippen molar-refractivity contribution in [2.45, 2.75) is 66.0 Å². The Kier molecular flexibility index (Phi) is 10.6. The van der Waals surface area contributed by atoms with Crippen molar-refractivity contribution >= 4 is 23.6 Å². The third kappa shape index (κ3) is 7.17. The molecular formula is C15H30N2O2S. The maximum atomic E-state index is 10.9. The molecule has 2 atom stereocenters. The zero-order valence-electron chi connectivity index (χ0n) is 13.5. The molecule has 2 aliphatic heterocycles.